The smallest absolute Gasteiger partial charge is 0.225 e. The summed E-state index contributed by atoms with van der Waals surface area (Å²) in [5.41, 5.74) is 0.962. The lowest BCUT2D eigenvalue weighted by atomic mass is 10.2. The molecular formula is C11H20N4O. The number of hydrogen-bond acceptors (Lipinski definition) is 5. The van der Waals surface area contributed by atoms with Crippen molar-refractivity contribution in [2.24, 2.45) is 0 Å². The van der Waals surface area contributed by atoms with Gasteiger partial charge in [-0.15, -0.1) is 0 Å². The minimum absolute atomic E-state index is 0.209. The lowest BCUT2D eigenvalue weighted by molar-refractivity contribution is 0.268. The highest BCUT2D eigenvalue weighted by atomic mass is 16.3. The van der Waals surface area contributed by atoms with Crippen molar-refractivity contribution >= 4 is 5.95 Å². The monoisotopic (exact) mass is 224 g/mol. The van der Waals surface area contributed by atoms with Crippen molar-refractivity contribution < 1.29 is 5.11 Å². The molecule has 0 bridgehead atoms. The van der Waals surface area contributed by atoms with Gasteiger partial charge in [0.1, 0.15) is 0 Å². The van der Waals surface area contributed by atoms with Crippen LogP contribution in [0.5, 0.6) is 0 Å². The van der Waals surface area contributed by atoms with Gasteiger partial charge in [-0.3, -0.25) is 0 Å². The van der Waals surface area contributed by atoms with E-state index in [1.165, 1.54) is 0 Å². The van der Waals surface area contributed by atoms with Gasteiger partial charge in [-0.05, 0) is 19.4 Å². The first kappa shape index (κ1) is 12.9. The largest absolute Gasteiger partial charge is 0.396 e. The minimum Gasteiger partial charge on any atom is -0.396 e. The molecule has 1 heterocycles. The number of aliphatic hydroxyl groups excluding tert-OH is 1. The van der Waals surface area contributed by atoms with Crippen LogP contribution in [-0.2, 0) is 6.54 Å². The predicted molar refractivity (Wildman–Crippen MR) is 64.4 cm³/mol. The van der Waals surface area contributed by atoms with Crippen molar-refractivity contribution in [1.29, 1.82) is 0 Å². The van der Waals surface area contributed by atoms with Crippen LogP contribution in [0.3, 0.4) is 0 Å². The Balaban J connectivity index is 2.50. The fraction of sp³-hybridized carbons (Fsp3) is 0.636. The van der Waals surface area contributed by atoms with Crippen molar-refractivity contribution in [2.75, 3.05) is 25.6 Å². The van der Waals surface area contributed by atoms with Gasteiger partial charge in [0.05, 0.1) is 5.69 Å². The summed E-state index contributed by atoms with van der Waals surface area (Å²) in [7, 11) is 3.84. The molecular weight excluding hydrogens is 204 g/mol. The van der Waals surface area contributed by atoms with E-state index < -0.39 is 0 Å². The number of aromatic nitrogens is 2. The number of anilines is 1. The molecule has 90 valence electrons. The molecule has 0 aromatic carbocycles. The summed E-state index contributed by atoms with van der Waals surface area (Å²) in [5, 5.41) is 12.1. The van der Waals surface area contributed by atoms with E-state index in [9.17, 15) is 0 Å². The SMILES string of the molecule is C[C@H](CCO)NCc1ccnc(N(C)C)n1. The number of nitrogens with one attached hydrogen (secondary N) is 1. The molecule has 0 aliphatic heterocycles. The van der Waals surface area contributed by atoms with Gasteiger partial charge in [-0.1, -0.05) is 0 Å². The Morgan fingerprint density at radius 2 is 2.25 bits per heavy atom. The second kappa shape index (κ2) is 6.40. The number of aliphatic hydroxyl groups is 1. The minimum atomic E-state index is 0.209. The Morgan fingerprint density at radius 3 is 2.88 bits per heavy atom. The highest BCUT2D eigenvalue weighted by molar-refractivity contribution is 5.26. The van der Waals surface area contributed by atoms with E-state index in [0.29, 0.717) is 18.5 Å². The van der Waals surface area contributed by atoms with Crippen LogP contribution < -0.4 is 10.2 Å². The van der Waals surface area contributed by atoms with Gasteiger partial charge < -0.3 is 15.3 Å². The number of hydrogen-bond donors (Lipinski definition) is 2. The molecule has 1 atom stereocenters. The van der Waals surface area contributed by atoms with Crippen LogP contribution in [0.4, 0.5) is 5.95 Å². The van der Waals surface area contributed by atoms with Crippen LogP contribution in [0, 0.1) is 0 Å². The first-order valence-corrected chi connectivity index (χ1v) is 5.47. The Kier molecular flexibility index (Phi) is 5.14. The van der Waals surface area contributed by atoms with Gasteiger partial charge in [-0.25, -0.2) is 9.97 Å². The lowest BCUT2D eigenvalue weighted by Gasteiger charge is -2.13. The molecule has 1 rings (SSSR count). The Labute approximate surface area is 96.5 Å². The first-order valence-electron chi connectivity index (χ1n) is 5.47. The topological polar surface area (TPSA) is 61.3 Å². The van der Waals surface area contributed by atoms with Gasteiger partial charge >= 0.3 is 0 Å². The van der Waals surface area contributed by atoms with E-state index in [1.807, 2.05) is 32.0 Å². The molecule has 0 radical (unpaired) electrons. The molecule has 5 heteroatoms. The van der Waals surface area contributed by atoms with Crippen LogP contribution in [-0.4, -0.2) is 41.8 Å². The Hall–Kier alpha value is -1.20. The molecule has 1 aromatic heterocycles. The zero-order valence-corrected chi connectivity index (χ0v) is 10.1. The fourth-order valence-electron chi connectivity index (χ4n) is 1.27. The van der Waals surface area contributed by atoms with Crippen LogP contribution in [0.2, 0.25) is 0 Å². The van der Waals surface area contributed by atoms with Crippen LogP contribution >= 0.6 is 0 Å². The normalized spacial score (nSPS) is 12.5. The maximum absolute atomic E-state index is 8.78. The van der Waals surface area contributed by atoms with Gasteiger partial charge in [0.2, 0.25) is 5.95 Å². The molecule has 0 aliphatic carbocycles. The quantitative estimate of drug-likeness (QED) is 0.732. The molecule has 16 heavy (non-hydrogen) atoms. The standard InChI is InChI=1S/C11H20N4O/c1-9(5-7-16)13-8-10-4-6-12-11(14-10)15(2)3/h4,6,9,13,16H,5,7-8H2,1-3H3/t9-/m1/s1. The highest BCUT2D eigenvalue weighted by Crippen LogP contribution is 2.03. The third kappa shape index (κ3) is 4.12. The summed E-state index contributed by atoms with van der Waals surface area (Å²) in [4.78, 5) is 10.4. The van der Waals surface area contributed by atoms with E-state index in [1.54, 1.807) is 6.20 Å². The van der Waals surface area contributed by atoms with Crippen LogP contribution in [0.15, 0.2) is 12.3 Å². The molecule has 0 saturated carbocycles. The summed E-state index contributed by atoms with van der Waals surface area (Å²) in [6.45, 7) is 2.95. The maximum atomic E-state index is 8.78. The Bertz CT molecular complexity index is 317. The third-order valence-electron chi connectivity index (χ3n) is 2.29. The summed E-state index contributed by atoms with van der Waals surface area (Å²) in [6.07, 6.45) is 2.52. The lowest BCUT2D eigenvalue weighted by Crippen LogP contribution is -2.27. The average molecular weight is 224 g/mol. The molecule has 0 unspecified atom stereocenters. The van der Waals surface area contributed by atoms with Gasteiger partial charge in [-0.2, -0.15) is 0 Å². The van der Waals surface area contributed by atoms with Gasteiger partial charge in [0.25, 0.3) is 0 Å². The van der Waals surface area contributed by atoms with Crippen LogP contribution in [0.1, 0.15) is 19.0 Å². The molecule has 0 aliphatic rings. The van der Waals surface area contributed by atoms with E-state index in [2.05, 4.69) is 15.3 Å². The molecule has 5 nitrogen and oxygen atoms in total. The van der Waals surface area contributed by atoms with Crippen molar-refractivity contribution in [2.45, 2.75) is 25.9 Å². The summed E-state index contributed by atoms with van der Waals surface area (Å²) in [5.74, 6) is 0.717. The second-order valence-electron chi connectivity index (χ2n) is 4.04. The van der Waals surface area contributed by atoms with Crippen molar-refractivity contribution in [3.8, 4) is 0 Å². The maximum Gasteiger partial charge on any atom is 0.225 e. The molecule has 1 aromatic rings. The molecule has 2 N–H and O–H groups in total. The average Bonchev–Trinajstić information content (AvgIpc) is 2.27. The molecule has 0 saturated heterocycles. The number of nitrogens with zero attached hydrogens (tertiary/aromatic N) is 3. The Morgan fingerprint density at radius 1 is 1.50 bits per heavy atom. The van der Waals surface area contributed by atoms with E-state index in [-0.39, 0.29) is 6.61 Å². The predicted octanol–water partition coefficient (Wildman–Crippen LogP) is 0.403. The molecule has 0 spiro atoms. The highest BCUT2D eigenvalue weighted by Gasteiger charge is 2.03. The van der Waals surface area contributed by atoms with E-state index in [0.717, 1.165) is 12.1 Å². The first-order chi connectivity index (χ1) is 7.63. The summed E-state index contributed by atoms with van der Waals surface area (Å²) < 4.78 is 0. The van der Waals surface area contributed by atoms with E-state index in [4.69, 9.17) is 5.11 Å². The third-order valence-corrected chi connectivity index (χ3v) is 2.29. The summed E-state index contributed by atoms with van der Waals surface area (Å²) in [6, 6.07) is 2.19. The van der Waals surface area contributed by atoms with Crippen molar-refractivity contribution in [1.82, 2.24) is 15.3 Å². The molecule has 0 amide bonds. The molecule has 0 fully saturated rings. The van der Waals surface area contributed by atoms with Gasteiger partial charge in [0.15, 0.2) is 0 Å². The van der Waals surface area contributed by atoms with Crippen molar-refractivity contribution in [3.63, 3.8) is 0 Å². The van der Waals surface area contributed by atoms with Crippen molar-refractivity contribution in [3.05, 3.63) is 18.0 Å². The summed E-state index contributed by atoms with van der Waals surface area (Å²) >= 11 is 0. The second-order valence-corrected chi connectivity index (χ2v) is 4.04. The zero-order valence-electron chi connectivity index (χ0n) is 10.1. The van der Waals surface area contributed by atoms with E-state index >= 15 is 0 Å². The number of rotatable bonds is 6. The zero-order chi connectivity index (χ0) is 12.0. The van der Waals surface area contributed by atoms with Crippen LogP contribution in [0.25, 0.3) is 0 Å². The van der Waals surface area contributed by atoms with Gasteiger partial charge in [0, 0.05) is 39.5 Å². The fourth-order valence-corrected chi connectivity index (χ4v) is 1.27.